The Morgan fingerprint density at radius 3 is 1.14 bits per heavy atom. The SMILES string of the molecule is CCc1ccc(S(OC(=O)O)(c2ccc(CC)cc2)c2ccc(CC)cc2)cc1. The first-order chi connectivity index (χ1) is 14.0. The van der Waals surface area contributed by atoms with E-state index in [-0.39, 0.29) is 0 Å². The predicted molar refractivity (Wildman–Crippen MR) is 119 cm³/mol. The largest absolute Gasteiger partial charge is 0.517 e. The summed E-state index contributed by atoms with van der Waals surface area (Å²) in [7, 11) is -2.41. The third kappa shape index (κ3) is 4.33. The zero-order chi connectivity index (χ0) is 20.9. The lowest BCUT2D eigenvalue weighted by Gasteiger charge is -2.38. The summed E-state index contributed by atoms with van der Waals surface area (Å²) in [6.45, 7) is 6.32. The van der Waals surface area contributed by atoms with Gasteiger partial charge in [-0.25, -0.2) is 4.79 Å². The molecule has 29 heavy (non-hydrogen) atoms. The van der Waals surface area contributed by atoms with Crippen LogP contribution in [0.2, 0.25) is 0 Å². The van der Waals surface area contributed by atoms with Crippen molar-refractivity contribution >= 4 is 16.5 Å². The van der Waals surface area contributed by atoms with Crippen molar-refractivity contribution in [3.05, 3.63) is 89.5 Å². The molecule has 3 aromatic carbocycles. The lowest BCUT2D eigenvalue weighted by atomic mass is 10.2. The molecule has 0 atom stereocenters. The van der Waals surface area contributed by atoms with Crippen LogP contribution in [0.5, 0.6) is 0 Å². The van der Waals surface area contributed by atoms with E-state index in [9.17, 15) is 9.90 Å². The molecule has 0 aromatic heterocycles. The van der Waals surface area contributed by atoms with Gasteiger partial charge >= 0.3 is 6.16 Å². The number of hydrogen-bond acceptors (Lipinski definition) is 2. The third-order valence-corrected chi connectivity index (χ3v) is 8.39. The monoisotopic (exact) mass is 408 g/mol. The second kappa shape index (κ2) is 9.19. The van der Waals surface area contributed by atoms with E-state index in [0.717, 1.165) is 33.9 Å². The van der Waals surface area contributed by atoms with E-state index < -0.39 is 16.5 Å². The quantitative estimate of drug-likeness (QED) is 0.447. The highest BCUT2D eigenvalue weighted by atomic mass is 32.3. The Balaban J connectivity index is 2.28. The van der Waals surface area contributed by atoms with E-state index in [2.05, 4.69) is 57.2 Å². The molecule has 4 heteroatoms. The Kier molecular flexibility index (Phi) is 6.65. The fraction of sp³-hybridized carbons (Fsp3) is 0.240. The molecule has 1 N–H and O–H groups in total. The molecule has 0 unspecified atom stereocenters. The summed E-state index contributed by atoms with van der Waals surface area (Å²) >= 11 is 0. The number of aryl methyl sites for hydroxylation is 3. The zero-order valence-electron chi connectivity index (χ0n) is 17.2. The maximum Gasteiger partial charge on any atom is 0.517 e. The molecular weight excluding hydrogens is 380 g/mol. The molecule has 0 aliphatic rings. The van der Waals surface area contributed by atoms with E-state index in [1.54, 1.807) is 0 Å². The Bertz CT molecular complexity index is 829. The summed E-state index contributed by atoms with van der Waals surface area (Å²) in [6, 6.07) is 24.4. The van der Waals surface area contributed by atoms with Gasteiger partial charge in [-0.15, -0.1) is 0 Å². The van der Waals surface area contributed by atoms with Crippen LogP contribution in [-0.2, 0) is 23.4 Å². The van der Waals surface area contributed by atoms with Crippen LogP contribution in [0.1, 0.15) is 37.5 Å². The van der Waals surface area contributed by atoms with E-state index >= 15 is 0 Å². The van der Waals surface area contributed by atoms with E-state index in [1.807, 2.05) is 36.4 Å². The Labute approximate surface area is 174 Å². The average molecular weight is 409 g/mol. The van der Waals surface area contributed by atoms with Crippen LogP contribution in [0.3, 0.4) is 0 Å². The van der Waals surface area contributed by atoms with Crippen LogP contribution >= 0.6 is 10.3 Å². The highest BCUT2D eigenvalue weighted by Crippen LogP contribution is 2.69. The molecule has 0 amide bonds. The molecule has 0 bridgehead atoms. The average Bonchev–Trinajstić information content (AvgIpc) is 2.77. The standard InChI is InChI=1S/C25H28O3S/c1-4-19-7-13-22(14-8-19)29(28-25(26)27,23-15-9-20(5-2)10-16-23)24-17-11-21(6-3)12-18-24/h7-18H,4-6H2,1-3H3,(H,26,27). The molecular formula is C25H28O3S. The van der Waals surface area contributed by atoms with Crippen molar-refractivity contribution in [2.24, 2.45) is 0 Å². The normalized spacial score (nSPS) is 11.8. The maximum absolute atomic E-state index is 11.9. The molecule has 0 aliphatic carbocycles. The van der Waals surface area contributed by atoms with Crippen LogP contribution < -0.4 is 0 Å². The Morgan fingerprint density at radius 1 is 0.655 bits per heavy atom. The van der Waals surface area contributed by atoms with Gasteiger partial charge in [0.1, 0.15) is 0 Å². The molecule has 152 valence electrons. The molecule has 0 saturated heterocycles. The molecule has 3 aromatic rings. The summed E-state index contributed by atoms with van der Waals surface area (Å²) in [6.07, 6.45) is 1.52. The second-order valence-corrected chi connectivity index (χ2v) is 9.59. The predicted octanol–water partition coefficient (Wildman–Crippen LogP) is 7.27. The number of rotatable bonds is 7. The first-order valence-corrected chi connectivity index (χ1v) is 11.6. The van der Waals surface area contributed by atoms with Crippen molar-refractivity contribution in [2.45, 2.75) is 54.7 Å². The molecule has 0 heterocycles. The number of benzene rings is 3. The smallest absolute Gasteiger partial charge is 0.449 e. The minimum Gasteiger partial charge on any atom is -0.449 e. The summed E-state index contributed by atoms with van der Waals surface area (Å²) in [4.78, 5) is 14.5. The van der Waals surface area contributed by atoms with E-state index in [0.29, 0.717) is 0 Å². The van der Waals surface area contributed by atoms with Gasteiger partial charge in [-0.05, 0) is 82.7 Å². The van der Waals surface area contributed by atoms with Gasteiger partial charge in [-0.2, -0.15) is 0 Å². The second-order valence-electron chi connectivity index (χ2n) is 6.90. The lowest BCUT2D eigenvalue weighted by molar-refractivity contribution is 0.150. The highest BCUT2D eigenvalue weighted by Gasteiger charge is 2.35. The van der Waals surface area contributed by atoms with Crippen molar-refractivity contribution in [1.29, 1.82) is 0 Å². The molecule has 3 nitrogen and oxygen atoms in total. The van der Waals surface area contributed by atoms with Gasteiger partial charge in [0, 0.05) is 14.7 Å². The summed E-state index contributed by atoms with van der Waals surface area (Å²) < 4.78 is 5.82. The van der Waals surface area contributed by atoms with E-state index in [4.69, 9.17) is 4.18 Å². The van der Waals surface area contributed by atoms with Gasteiger partial charge < -0.3 is 9.29 Å². The molecule has 0 saturated carbocycles. The lowest BCUT2D eigenvalue weighted by Crippen LogP contribution is -2.12. The number of hydrogen-bond donors (Lipinski definition) is 1. The summed E-state index contributed by atoms with van der Waals surface area (Å²) in [5.41, 5.74) is 3.63. The van der Waals surface area contributed by atoms with Crippen LogP contribution in [-0.4, -0.2) is 11.3 Å². The van der Waals surface area contributed by atoms with Crippen molar-refractivity contribution in [1.82, 2.24) is 0 Å². The van der Waals surface area contributed by atoms with Crippen molar-refractivity contribution in [3.8, 4) is 0 Å². The van der Waals surface area contributed by atoms with Gasteiger partial charge in [-0.1, -0.05) is 57.2 Å². The molecule has 0 spiro atoms. The number of carbonyl (C=O) groups is 1. The number of carboxylic acid groups (broad SMARTS) is 1. The first kappa shape index (κ1) is 21.0. The molecule has 3 rings (SSSR count). The maximum atomic E-state index is 11.9. The molecule has 0 radical (unpaired) electrons. The van der Waals surface area contributed by atoms with E-state index in [1.165, 1.54) is 16.7 Å². The van der Waals surface area contributed by atoms with Gasteiger partial charge in [-0.3, -0.25) is 0 Å². The summed E-state index contributed by atoms with van der Waals surface area (Å²) in [5.74, 6) is 0. The third-order valence-electron chi connectivity index (χ3n) is 5.19. The van der Waals surface area contributed by atoms with Crippen LogP contribution in [0.4, 0.5) is 4.79 Å². The highest BCUT2D eigenvalue weighted by molar-refractivity contribution is 8.30. The molecule has 0 fully saturated rings. The minimum atomic E-state index is -2.41. The van der Waals surface area contributed by atoms with Gasteiger partial charge in [0.15, 0.2) is 0 Å². The Morgan fingerprint density at radius 2 is 0.931 bits per heavy atom. The van der Waals surface area contributed by atoms with Crippen LogP contribution in [0.15, 0.2) is 87.5 Å². The van der Waals surface area contributed by atoms with Crippen molar-refractivity contribution < 1.29 is 14.1 Å². The van der Waals surface area contributed by atoms with Gasteiger partial charge in [0.25, 0.3) is 0 Å². The minimum absolute atomic E-state index is 0.880. The topological polar surface area (TPSA) is 46.5 Å². The van der Waals surface area contributed by atoms with Crippen LogP contribution in [0, 0.1) is 0 Å². The molecule has 0 aliphatic heterocycles. The van der Waals surface area contributed by atoms with Crippen molar-refractivity contribution in [2.75, 3.05) is 0 Å². The Hall–Kier alpha value is -2.72. The fourth-order valence-corrected chi connectivity index (χ4v) is 6.29. The fourth-order valence-electron chi connectivity index (χ4n) is 3.41. The summed E-state index contributed by atoms with van der Waals surface area (Å²) in [5, 5.41) is 9.73. The zero-order valence-corrected chi connectivity index (χ0v) is 18.0. The first-order valence-electron chi connectivity index (χ1n) is 10.1. The van der Waals surface area contributed by atoms with Crippen molar-refractivity contribution in [3.63, 3.8) is 0 Å². The van der Waals surface area contributed by atoms with Crippen LogP contribution in [0.25, 0.3) is 0 Å². The van der Waals surface area contributed by atoms with Gasteiger partial charge in [0.2, 0.25) is 0 Å². The van der Waals surface area contributed by atoms with Gasteiger partial charge in [0.05, 0.1) is 0 Å².